The highest BCUT2D eigenvalue weighted by Crippen LogP contribution is 2.60. The Bertz CT molecular complexity index is 390. The van der Waals surface area contributed by atoms with Crippen LogP contribution in [0.4, 0.5) is 0 Å². The molecule has 1 heterocycles. The third kappa shape index (κ3) is 1.62. The summed E-state index contributed by atoms with van der Waals surface area (Å²) >= 11 is 0. The van der Waals surface area contributed by atoms with E-state index in [9.17, 15) is 9.90 Å². The van der Waals surface area contributed by atoms with Gasteiger partial charge in [0.2, 0.25) is 0 Å². The highest BCUT2D eigenvalue weighted by molar-refractivity contribution is 5.76. The summed E-state index contributed by atoms with van der Waals surface area (Å²) in [6.45, 7) is 6.78. The van der Waals surface area contributed by atoms with Crippen molar-refractivity contribution in [3.05, 3.63) is 0 Å². The first kappa shape index (κ1) is 13.4. The van der Waals surface area contributed by atoms with Gasteiger partial charge in [0.15, 0.2) is 0 Å². The smallest absolute Gasteiger partial charge is 0.309 e. The second-order valence-corrected chi connectivity index (χ2v) is 7.03. The van der Waals surface area contributed by atoms with Crippen LogP contribution in [0, 0.1) is 35.5 Å². The summed E-state index contributed by atoms with van der Waals surface area (Å²) in [6, 6.07) is 0. The monoisotopic (exact) mass is 268 g/mol. The lowest BCUT2D eigenvalue weighted by Crippen LogP contribution is -2.67. The summed E-state index contributed by atoms with van der Waals surface area (Å²) in [6.07, 6.45) is 0.722. The van der Waals surface area contributed by atoms with Crippen LogP contribution in [0.2, 0.25) is 0 Å². The van der Waals surface area contributed by atoms with Crippen molar-refractivity contribution in [1.29, 1.82) is 0 Å². The summed E-state index contributed by atoms with van der Waals surface area (Å²) in [7, 11) is 1.67. The van der Waals surface area contributed by atoms with E-state index in [0.29, 0.717) is 18.4 Å². The Kier molecular flexibility index (Phi) is 2.95. The van der Waals surface area contributed by atoms with Crippen molar-refractivity contribution in [2.45, 2.75) is 38.9 Å². The van der Waals surface area contributed by atoms with Gasteiger partial charge in [-0.25, -0.2) is 0 Å². The minimum absolute atomic E-state index is 0.0325. The Balaban J connectivity index is 2.04. The van der Waals surface area contributed by atoms with Crippen LogP contribution in [0.1, 0.15) is 27.2 Å². The lowest BCUT2D eigenvalue weighted by atomic mass is 9.47. The normalized spacial score (nSPS) is 52.4. The molecule has 0 radical (unpaired) electrons. The third-order valence-electron chi connectivity index (χ3n) is 5.89. The Morgan fingerprint density at radius 1 is 1.47 bits per heavy atom. The summed E-state index contributed by atoms with van der Waals surface area (Å²) in [4.78, 5) is 12.0. The molecule has 7 atom stereocenters. The van der Waals surface area contributed by atoms with Crippen molar-refractivity contribution in [2.24, 2.45) is 35.5 Å². The zero-order valence-electron chi connectivity index (χ0n) is 12.1. The Hall–Kier alpha value is -0.610. The van der Waals surface area contributed by atoms with Crippen molar-refractivity contribution in [3.63, 3.8) is 0 Å². The number of carbonyl (C=O) groups is 1. The molecular formula is C15H24O4. The second-order valence-electron chi connectivity index (χ2n) is 7.03. The maximum absolute atomic E-state index is 12.0. The minimum atomic E-state index is -0.921. The number of ether oxygens (including phenoxy) is 2. The van der Waals surface area contributed by atoms with E-state index in [1.54, 1.807) is 7.11 Å². The van der Waals surface area contributed by atoms with E-state index >= 15 is 0 Å². The number of carbonyl (C=O) groups excluding carboxylic acids is 1. The van der Waals surface area contributed by atoms with E-state index < -0.39 is 5.60 Å². The lowest BCUT2D eigenvalue weighted by molar-refractivity contribution is -0.241. The van der Waals surface area contributed by atoms with E-state index in [1.807, 2.05) is 6.92 Å². The molecule has 4 nitrogen and oxygen atoms in total. The summed E-state index contributed by atoms with van der Waals surface area (Å²) < 4.78 is 10.9. The molecule has 0 amide bonds. The first-order valence-corrected chi connectivity index (χ1v) is 7.31. The number of fused-ring (bicyclic) bond motifs is 2. The highest BCUT2D eigenvalue weighted by atomic mass is 16.5. The molecule has 1 aliphatic heterocycles. The van der Waals surface area contributed by atoms with E-state index in [0.717, 1.165) is 6.42 Å². The summed E-state index contributed by atoms with van der Waals surface area (Å²) in [5.74, 6) is 1.22. The highest BCUT2D eigenvalue weighted by Gasteiger charge is 2.67. The number of methoxy groups -OCH3 is 1. The van der Waals surface area contributed by atoms with Gasteiger partial charge >= 0.3 is 5.97 Å². The molecule has 4 aliphatic rings. The molecule has 3 aliphatic carbocycles. The van der Waals surface area contributed by atoms with Crippen molar-refractivity contribution < 1.29 is 19.4 Å². The van der Waals surface area contributed by atoms with E-state index in [2.05, 4.69) is 13.8 Å². The van der Waals surface area contributed by atoms with Gasteiger partial charge in [0, 0.05) is 18.9 Å². The van der Waals surface area contributed by atoms with Gasteiger partial charge < -0.3 is 14.6 Å². The number of rotatable bonds is 2. The summed E-state index contributed by atoms with van der Waals surface area (Å²) in [5.41, 5.74) is -0.921. The maximum Gasteiger partial charge on any atom is 0.309 e. The van der Waals surface area contributed by atoms with Gasteiger partial charge in [-0.3, -0.25) is 4.79 Å². The molecule has 0 aromatic heterocycles. The van der Waals surface area contributed by atoms with Gasteiger partial charge in [-0.1, -0.05) is 13.8 Å². The van der Waals surface area contributed by atoms with Gasteiger partial charge in [-0.05, 0) is 31.1 Å². The van der Waals surface area contributed by atoms with E-state index in [-0.39, 0.29) is 35.7 Å². The molecule has 1 saturated heterocycles. The Labute approximate surface area is 114 Å². The zero-order chi connectivity index (χ0) is 13.9. The van der Waals surface area contributed by atoms with Crippen molar-refractivity contribution >= 4 is 5.97 Å². The first-order valence-electron chi connectivity index (χ1n) is 7.31. The molecule has 4 rings (SSSR count). The second kappa shape index (κ2) is 4.19. The first-order chi connectivity index (χ1) is 8.89. The van der Waals surface area contributed by atoms with Crippen LogP contribution >= 0.6 is 0 Å². The fourth-order valence-corrected chi connectivity index (χ4v) is 5.04. The van der Waals surface area contributed by atoms with Crippen LogP contribution < -0.4 is 0 Å². The average molecular weight is 268 g/mol. The molecule has 1 N–H and O–H groups in total. The van der Waals surface area contributed by atoms with Gasteiger partial charge in [0.05, 0.1) is 24.2 Å². The van der Waals surface area contributed by atoms with Crippen molar-refractivity contribution in [1.82, 2.24) is 0 Å². The van der Waals surface area contributed by atoms with Crippen molar-refractivity contribution in [2.75, 3.05) is 13.7 Å². The Morgan fingerprint density at radius 2 is 2.16 bits per heavy atom. The predicted molar refractivity (Wildman–Crippen MR) is 69.3 cm³/mol. The average Bonchev–Trinajstić information content (AvgIpc) is 2.72. The number of hydrogen-bond acceptors (Lipinski definition) is 4. The zero-order valence-corrected chi connectivity index (χ0v) is 12.1. The third-order valence-corrected chi connectivity index (χ3v) is 5.89. The van der Waals surface area contributed by atoms with Gasteiger partial charge in [0.1, 0.15) is 0 Å². The number of hydrogen-bond donors (Lipinski definition) is 1. The van der Waals surface area contributed by atoms with Crippen LogP contribution in [-0.2, 0) is 14.3 Å². The summed E-state index contributed by atoms with van der Waals surface area (Å²) in [5, 5.41) is 10.9. The maximum atomic E-state index is 12.0. The lowest BCUT2D eigenvalue weighted by Gasteiger charge is -2.60. The fraction of sp³-hybridized carbons (Fsp3) is 0.933. The van der Waals surface area contributed by atoms with E-state index in [4.69, 9.17) is 9.47 Å². The largest absolute Gasteiger partial charge is 0.465 e. The topological polar surface area (TPSA) is 55.8 Å². The van der Waals surface area contributed by atoms with E-state index in [1.165, 1.54) is 0 Å². The molecule has 108 valence electrons. The standard InChI is InChI=1S/C15H24O4/c1-7(2)8-5-10-12-9(6-19-14(12)16)11(8)13(18-4)15(10,3)17/h7-13,17H,5-6H2,1-4H3. The quantitative estimate of drug-likeness (QED) is 0.770. The molecule has 4 heteroatoms. The molecule has 0 spiro atoms. The Morgan fingerprint density at radius 3 is 2.74 bits per heavy atom. The molecule has 3 saturated carbocycles. The van der Waals surface area contributed by atoms with Gasteiger partial charge in [0.25, 0.3) is 0 Å². The van der Waals surface area contributed by atoms with Crippen LogP contribution in [-0.4, -0.2) is 36.5 Å². The molecule has 4 fully saturated rings. The number of esters is 1. The molecule has 2 bridgehead atoms. The number of aliphatic hydroxyl groups is 1. The van der Waals surface area contributed by atoms with Gasteiger partial charge in [-0.15, -0.1) is 0 Å². The minimum Gasteiger partial charge on any atom is -0.465 e. The predicted octanol–water partition coefficient (Wildman–Crippen LogP) is 1.46. The van der Waals surface area contributed by atoms with Gasteiger partial charge in [-0.2, -0.15) is 0 Å². The fourth-order valence-electron chi connectivity index (χ4n) is 5.04. The van der Waals surface area contributed by atoms with Crippen LogP contribution in [0.25, 0.3) is 0 Å². The molecule has 0 aromatic rings. The molecule has 0 aromatic carbocycles. The molecular weight excluding hydrogens is 244 g/mol. The van der Waals surface area contributed by atoms with Crippen molar-refractivity contribution in [3.8, 4) is 0 Å². The van der Waals surface area contributed by atoms with Crippen LogP contribution in [0.3, 0.4) is 0 Å². The number of cyclic esters (lactones) is 1. The molecule has 7 unspecified atom stereocenters. The molecule has 19 heavy (non-hydrogen) atoms. The SMILES string of the molecule is COC1C2C(C(C)C)CC(C3C(=O)OCC32)C1(C)O. The van der Waals surface area contributed by atoms with Crippen LogP contribution in [0.15, 0.2) is 0 Å². The van der Waals surface area contributed by atoms with Crippen LogP contribution in [0.5, 0.6) is 0 Å².